The molecule has 0 saturated carbocycles. The van der Waals surface area contributed by atoms with E-state index in [0.717, 1.165) is 11.3 Å². The van der Waals surface area contributed by atoms with Gasteiger partial charge in [0.2, 0.25) is 0 Å². The van der Waals surface area contributed by atoms with Crippen LogP contribution in [0.2, 0.25) is 0 Å². The molecule has 0 bridgehead atoms. The van der Waals surface area contributed by atoms with E-state index in [2.05, 4.69) is 26.8 Å². The molecule has 0 aliphatic rings. The van der Waals surface area contributed by atoms with Crippen LogP contribution in [0.25, 0.3) is 0 Å². The minimum Gasteiger partial charge on any atom is -0.468 e. The van der Waals surface area contributed by atoms with Crippen molar-refractivity contribution in [2.24, 2.45) is 0 Å². The van der Waals surface area contributed by atoms with E-state index in [0.29, 0.717) is 6.42 Å². The van der Waals surface area contributed by atoms with E-state index < -0.39 is 0 Å². The second-order valence-corrected chi connectivity index (χ2v) is 3.90. The van der Waals surface area contributed by atoms with E-state index in [1.165, 1.54) is 0 Å². The maximum atomic E-state index is 8.44. The highest BCUT2D eigenvalue weighted by molar-refractivity contribution is 5.20. The van der Waals surface area contributed by atoms with E-state index in [4.69, 9.17) is 9.68 Å². The summed E-state index contributed by atoms with van der Waals surface area (Å²) in [6, 6.07) is 4.04. The zero-order valence-corrected chi connectivity index (χ0v) is 7.72. The molecule has 0 fully saturated rings. The molecule has 0 aliphatic carbocycles. The predicted molar refractivity (Wildman–Crippen MR) is 46.7 cm³/mol. The first-order valence-corrected chi connectivity index (χ1v) is 3.99. The molecule has 64 valence electrons. The number of rotatable bonds is 1. The molecule has 0 spiro atoms. The van der Waals surface area contributed by atoms with Crippen LogP contribution in [0, 0.1) is 11.3 Å². The summed E-state index contributed by atoms with van der Waals surface area (Å²) >= 11 is 0. The Labute approximate surface area is 72.8 Å². The Hall–Kier alpha value is -1.23. The number of nitriles is 1. The lowest BCUT2D eigenvalue weighted by Crippen LogP contribution is -2.09. The molecule has 2 heteroatoms. The monoisotopic (exact) mass is 163 g/mol. The van der Waals surface area contributed by atoms with Gasteiger partial charge in [-0.3, -0.25) is 0 Å². The SMILES string of the molecule is CC(C)(C)c1cc(CC#N)co1. The van der Waals surface area contributed by atoms with Crippen molar-refractivity contribution in [1.82, 2.24) is 0 Å². The van der Waals surface area contributed by atoms with Gasteiger partial charge in [-0.1, -0.05) is 20.8 Å². The van der Waals surface area contributed by atoms with Crippen LogP contribution in [0.5, 0.6) is 0 Å². The van der Waals surface area contributed by atoms with Gasteiger partial charge in [-0.15, -0.1) is 0 Å². The van der Waals surface area contributed by atoms with Gasteiger partial charge in [-0.25, -0.2) is 0 Å². The van der Waals surface area contributed by atoms with Gasteiger partial charge in [0, 0.05) is 11.0 Å². The summed E-state index contributed by atoms with van der Waals surface area (Å²) in [6.07, 6.45) is 2.09. The second-order valence-electron chi connectivity index (χ2n) is 3.90. The fourth-order valence-corrected chi connectivity index (χ4v) is 0.953. The van der Waals surface area contributed by atoms with Crippen LogP contribution in [-0.4, -0.2) is 0 Å². The van der Waals surface area contributed by atoms with Crippen molar-refractivity contribution in [2.75, 3.05) is 0 Å². The van der Waals surface area contributed by atoms with Crippen LogP contribution in [0.4, 0.5) is 0 Å². The van der Waals surface area contributed by atoms with Crippen LogP contribution in [-0.2, 0) is 11.8 Å². The fourth-order valence-electron chi connectivity index (χ4n) is 0.953. The van der Waals surface area contributed by atoms with E-state index in [9.17, 15) is 0 Å². The van der Waals surface area contributed by atoms with Crippen LogP contribution in [0.1, 0.15) is 32.1 Å². The van der Waals surface area contributed by atoms with Gasteiger partial charge >= 0.3 is 0 Å². The first kappa shape index (κ1) is 8.86. The van der Waals surface area contributed by atoms with Gasteiger partial charge in [-0.2, -0.15) is 5.26 Å². The minimum atomic E-state index is 0.0354. The molecular formula is C10H13NO. The number of hydrogen-bond acceptors (Lipinski definition) is 2. The molecule has 1 aromatic heterocycles. The van der Waals surface area contributed by atoms with Crippen molar-refractivity contribution in [3.05, 3.63) is 23.7 Å². The summed E-state index contributed by atoms with van der Waals surface area (Å²) < 4.78 is 5.33. The summed E-state index contributed by atoms with van der Waals surface area (Å²) in [5.41, 5.74) is 0.996. The third kappa shape index (κ3) is 1.88. The van der Waals surface area contributed by atoms with Crippen molar-refractivity contribution < 1.29 is 4.42 Å². The zero-order chi connectivity index (χ0) is 9.19. The summed E-state index contributed by atoms with van der Waals surface area (Å²) in [6.45, 7) is 6.26. The van der Waals surface area contributed by atoms with E-state index in [-0.39, 0.29) is 5.41 Å². The normalized spacial score (nSPS) is 11.2. The minimum absolute atomic E-state index is 0.0354. The van der Waals surface area contributed by atoms with Crippen LogP contribution < -0.4 is 0 Å². The van der Waals surface area contributed by atoms with Gasteiger partial charge < -0.3 is 4.42 Å². The molecule has 0 aromatic carbocycles. The Balaban J connectivity index is 2.86. The molecule has 0 atom stereocenters. The van der Waals surface area contributed by atoms with Gasteiger partial charge in [0.1, 0.15) is 5.76 Å². The molecule has 0 amide bonds. The maximum Gasteiger partial charge on any atom is 0.109 e. The highest BCUT2D eigenvalue weighted by Crippen LogP contribution is 2.24. The fraction of sp³-hybridized carbons (Fsp3) is 0.500. The van der Waals surface area contributed by atoms with Crippen molar-refractivity contribution >= 4 is 0 Å². The molecule has 2 nitrogen and oxygen atoms in total. The van der Waals surface area contributed by atoms with Gasteiger partial charge in [0.15, 0.2) is 0 Å². The van der Waals surface area contributed by atoms with Crippen molar-refractivity contribution in [3.63, 3.8) is 0 Å². The average Bonchev–Trinajstić information content (AvgIpc) is 2.35. The summed E-state index contributed by atoms with van der Waals surface area (Å²) in [5, 5.41) is 8.44. The molecule has 0 aliphatic heterocycles. The summed E-state index contributed by atoms with van der Waals surface area (Å²) in [5.74, 6) is 0.938. The second kappa shape index (κ2) is 3.02. The molecule has 12 heavy (non-hydrogen) atoms. The van der Waals surface area contributed by atoms with Gasteiger partial charge in [0.25, 0.3) is 0 Å². The first-order chi connectivity index (χ1) is 5.54. The summed E-state index contributed by atoms with van der Waals surface area (Å²) in [4.78, 5) is 0. The first-order valence-electron chi connectivity index (χ1n) is 3.99. The molecule has 0 radical (unpaired) electrons. The summed E-state index contributed by atoms with van der Waals surface area (Å²) in [7, 11) is 0. The van der Waals surface area contributed by atoms with Crippen molar-refractivity contribution in [1.29, 1.82) is 5.26 Å². The van der Waals surface area contributed by atoms with Gasteiger partial charge in [0.05, 0.1) is 18.8 Å². The maximum absolute atomic E-state index is 8.44. The topological polar surface area (TPSA) is 36.9 Å². The standard InChI is InChI=1S/C10H13NO/c1-10(2,3)9-6-8(4-5-11)7-12-9/h6-7H,4H2,1-3H3. The lowest BCUT2D eigenvalue weighted by atomic mass is 9.93. The van der Waals surface area contributed by atoms with Gasteiger partial charge in [-0.05, 0) is 6.07 Å². The number of furan rings is 1. The predicted octanol–water partition coefficient (Wildman–Crippen LogP) is 2.64. The Kier molecular flexibility index (Phi) is 2.23. The third-order valence-electron chi connectivity index (χ3n) is 1.68. The number of nitrogens with zero attached hydrogens (tertiary/aromatic N) is 1. The lowest BCUT2D eigenvalue weighted by Gasteiger charge is -2.13. The highest BCUT2D eigenvalue weighted by Gasteiger charge is 2.17. The average molecular weight is 163 g/mol. The zero-order valence-electron chi connectivity index (χ0n) is 7.72. The highest BCUT2D eigenvalue weighted by atomic mass is 16.3. The van der Waals surface area contributed by atoms with E-state index >= 15 is 0 Å². The van der Waals surface area contributed by atoms with Crippen LogP contribution in [0.15, 0.2) is 16.7 Å². The van der Waals surface area contributed by atoms with Crippen molar-refractivity contribution in [3.8, 4) is 6.07 Å². The molecule has 1 heterocycles. The Morgan fingerprint density at radius 2 is 2.17 bits per heavy atom. The Bertz CT molecular complexity index is 298. The van der Waals surface area contributed by atoms with Crippen LogP contribution in [0.3, 0.4) is 0 Å². The molecule has 0 unspecified atom stereocenters. The smallest absolute Gasteiger partial charge is 0.109 e. The third-order valence-corrected chi connectivity index (χ3v) is 1.68. The van der Waals surface area contributed by atoms with Crippen molar-refractivity contribution in [2.45, 2.75) is 32.6 Å². The molecular weight excluding hydrogens is 150 g/mol. The van der Waals surface area contributed by atoms with E-state index in [1.54, 1.807) is 6.26 Å². The quantitative estimate of drug-likeness (QED) is 0.638. The molecule has 0 N–H and O–H groups in total. The molecule has 1 aromatic rings. The number of hydrogen-bond donors (Lipinski definition) is 0. The van der Waals surface area contributed by atoms with Crippen LogP contribution >= 0.6 is 0 Å². The molecule has 0 saturated heterocycles. The Morgan fingerprint density at radius 3 is 2.58 bits per heavy atom. The molecule has 1 rings (SSSR count). The largest absolute Gasteiger partial charge is 0.468 e. The lowest BCUT2D eigenvalue weighted by molar-refractivity contribution is 0.409. The van der Waals surface area contributed by atoms with E-state index in [1.807, 2.05) is 6.07 Å². The Morgan fingerprint density at radius 1 is 1.50 bits per heavy atom.